The fraction of sp³-hybridized carbons (Fsp3) is 0.400. The Labute approximate surface area is 83.3 Å². The number of nitrogens with two attached hydrogens (primary N) is 1. The van der Waals surface area contributed by atoms with E-state index in [0.717, 1.165) is 29.5 Å². The van der Waals surface area contributed by atoms with Crippen molar-refractivity contribution in [3.63, 3.8) is 0 Å². The number of hydrogen-bond acceptors (Lipinski definition) is 2. The van der Waals surface area contributed by atoms with E-state index in [-0.39, 0.29) is 0 Å². The molecule has 0 bridgehead atoms. The number of anilines is 2. The molecule has 0 aliphatic carbocycles. The lowest BCUT2D eigenvalue weighted by Crippen LogP contribution is -2.18. The second kappa shape index (κ2) is 3.46. The molecule has 1 aromatic rings. The minimum Gasteiger partial charge on any atom is -0.397 e. The van der Waals surface area contributed by atoms with Crippen molar-refractivity contribution in [2.45, 2.75) is 12.8 Å². The van der Waals surface area contributed by atoms with E-state index in [9.17, 15) is 0 Å². The number of halogens is 1. The third kappa shape index (κ3) is 1.73. The molecule has 1 aliphatic heterocycles. The average Bonchev–Trinajstić information content (AvgIpc) is 2.61. The number of nitrogen functional groups attached to an aromatic ring is 1. The molecule has 2 nitrogen and oxygen atoms in total. The summed E-state index contributed by atoms with van der Waals surface area (Å²) < 4.78 is 0. The van der Waals surface area contributed by atoms with E-state index in [0.29, 0.717) is 0 Å². The van der Waals surface area contributed by atoms with E-state index < -0.39 is 0 Å². The first kappa shape index (κ1) is 8.70. The molecule has 0 spiro atoms. The Morgan fingerprint density at radius 2 is 1.92 bits per heavy atom. The molecule has 1 aromatic carbocycles. The van der Waals surface area contributed by atoms with Gasteiger partial charge in [0.05, 0.1) is 11.4 Å². The van der Waals surface area contributed by atoms with Crippen LogP contribution in [-0.4, -0.2) is 13.1 Å². The first-order valence-electron chi connectivity index (χ1n) is 4.57. The molecule has 2 N–H and O–H groups in total. The van der Waals surface area contributed by atoms with Crippen LogP contribution in [0.15, 0.2) is 18.2 Å². The van der Waals surface area contributed by atoms with Gasteiger partial charge in [0.25, 0.3) is 0 Å². The Morgan fingerprint density at radius 3 is 2.62 bits per heavy atom. The number of rotatable bonds is 1. The van der Waals surface area contributed by atoms with Gasteiger partial charge in [-0.05, 0) is 31.0 Å². The highest BCUT2D eigenvalue weighted by Crippen LogP contribution is 2.29. The van der Waals surface area contributed by atoms with Crippen molar-refractivity contribution >= 4 is 23.0 Å². The van der Waals surface area contributed by atoms with Gasteiger partial charge in [-0.1, -0.05) is 11.6 Å². The van der Waals surface area contributed by atoms with Crippen LogP contribution in [0.3, 0.4) is 0 Å². The van der Waals surface area contributed by atoms with Gasteiger partial charge in [0.1, 0.15) is 0 Å². The van der Waals surface area contributed by atoms with Gasteiger partial charge < -0.3 is 10.6 Å². The summed E-state index contributed by atoms with van der Waals surface area (Å²) in [4.78, 5) is 2.29. The lowest BCUT2D eigenvalue weighted by atomic mass is 10.2. The van der Waals surface area contributed by atoms with Gasteiger partial charge in [-0.25, -0.2) is 0 Å². The predicted molar refractivity (Wildman–Crippen MR) is 57.3 cm³/mol. The molecule has 13 heavy (non-hydrogen) atoms. The molecule has 0 saturated carbocycles. The van der Waals surface area contributed by atoms with Crippen LogP contribution in [0, 0.1) is 0 Å². The SMILES string of the molecule is Nc1ccc(Cl)cc1N1CCCC1. The Bertz CT molecular complexity index is 306. The van der Waals surface area contributed by atoms with E-state index in [1.807, 2.05) is 18.2 Å². The van der Waals surface area contributed by atoms with Crippen LogP contribution >= 0.6 is 11.6 Å². The molecule has 0 radical (unpaired) electrons. The summed E-state index contributed by atoms with van der Waals surface area (Å²) in [7, 11) is 0. The minimum absolute atomic E-state index is 0.760. The highest BCUT2D eigenvalue weighted by molar-refractivity contribution is 6.31. The monoisotopic (exact) mass is 196 g/mol. The molecule has 1 aliphatic rings. The van der Waals surface area contributed by atoms with Crippen molar-refractivity contribution in [3.8, 4) is 0 Å². The van der Waals surface area contributed by atoms with Crippen LogP contribution in [0.5, 0.6) is 0 Å². The molecule has 2 rings (SSSR count). The van der Waals surface area contributed by atoms with Gasteiger partial charge in [-0.2, -0.15) is 0 Å². The van der Waals surface area contributed by atoms with Gasteiger partial charge in [-0.3, -0.25) is 0 Å². The molecular formula is C10H13ClN2. The molecule has 1 saturated heterocycles. The van der Waals surface area contributed by atoms with E-state index in [2.05, 4.69) is 4.90 Å². The van der Waals surface area contributed by atoms with Crippen LogP contribution in [-0.2, 0) is 0 Å². The second-order valence-electron chi connectivity index (χ2n) is 3.40. The van der Waals surface area contributed by atoms with E-state index >= 15 is 0 Å². The van der Waals surface area contributed by atoms with Crippen LogP contribution in [0.4, 0.5) is 11.4 Å². The normalized spacial score (nSPS) is 16.5. The van der Waals surface area contributed by atoms with Crippen molar-refractivity contribution in [3.05, 3.63) is 23.2 Å². The highest BCUT2D eigenvalue weighted by Gasteiger charge is 2.14. The van der Waals surface area contributed by atoms with Crippen LogP contribution < -0.4 is 10.6 Å². The summed E-state index contributed by atoms with van der Waals surface area (Å²) in [6, 6.07) is 5.65. The first-order chi connectivity index (χ1) is 6.27. The average molecular weight is 197 g/mol. The summed E-state index contributed by atoms with van der Waals surface area (Å²) in [5.41, 5.74) is 7.78. The Morgan fingerprint density at radius 1 is 1.23 bits per heavy atom. The molecule has 3 heteroatoms. The van der Waals surface area contributed by atoms with Crippen molar-refractivity contribution in [2.75, 3.05) is 23.7 Å². The zero-order valence-electron chi connectivity index (χ0n) is 7.46. The molecule has 1 heterocycles. The number of hydrogen-bond donors (Lipinski definition) is 1. The van der Waals surface area contributed by atoms with Crippen molar-refractivity contribution < 1.29 is 0 Å². The summed E-state index contributed by atoms with van der Waals surface area (Å²) >= 11 is 5.91. The van der Waals surface area contributed by atoms with Gasteiger partial charge in [0, 0.05) is 18.1 Å². The summed E-state index contributed by atoms with van der Waals surface area (Å²) in [5, 5.41) is 0.760. The zero-order chi connectivity index (χ0) is 9.26. The van der Waals surface area contributed by atoms with Crippen LogP contribution in [0.2, 0.25) is 5.02 Å². The number of nitrogens with zero attached hydrogens (tertiary/aromatic N) is 1. The highest BCUT2D eigenvalue weighted by atomic mass is 35.5. The molecule has 0 amide bonds. The standard InChI is InChI=1S/C10H13ClN2/c11-8-3-4-9(12)10(7-8)13-5-1-2-6-13/h3-4,7H,1-2,5-6,12H2. The van der Waals surface area contributed by atoms with Gasteiger partial charge in [0.15, 0.2) is 0 Å². The van der Waals surface area contributed by atoms with Gasteiger partial charge in [-0.15, -0.1) is 0 Å². The Kier molecular flexibility index (Phi) is 2.32. The molecule has 0 aromatic heterocycles. The third-order valence-electron chi connectivity index (χ3n) is 2.44. The first-order valence-corrected chi connectivity index (χ1v) is 4.95. The van der Waals surface area contributed by atoms with Gasteiger partial charge >= 0.3 is 0 Å². The summed E-state index contributed by atoms with van der Waals surface area (Å²) in [5.74, 6) is 0. The fourth-order valence-electron chi connectivity index (χ4n) is 1.75. The zero-order valence-corrected chi connectivity index (χ0v) is 8.22. The van der Waals surface area contributed by atoms with Crippen molar-refractivity contribution in [2.24, 2.45) is 0 Å². The molecule has 0 unspecified atom stereocenters. The molecule has 0 atom stereocenters. The molecule has 70 valence electrons. The lowest BCUT2D eigenvalue weighted by molar-refractivity contribution is 0.949. The fourth-order valence-corrected chi connectivity index (χ4v) is 1.92. The maximum absolute atomic E-state index is 5.91. The molecule has 1 fully saturated rings. The van der Waals surface area contributed by atoms with Gasteiger partial charge in [0.2, 0.25) is 0 Å². The van der Waals surface area contributed by atoms with Crippen molar-refractivity contribution in [1.29, 1.82) is 0 Å². The van der Waals surface area contributed by atoms with Crippen molar-refractivity contribution in [1.82, 2.24) is 0 Å². The third-order valence-corrected chi connectivity index (χ3v) is 2.67. The smallest absolute Gasteiger partial charge is 0.0614 e. The van der Waals surface area contributed by atoms with E-state index in [1.165, 1.54) is 12.8 Å². The summed E-state index contributed by atoms with van der Waals surface area (Å²) in [6.45, 7) is 2.20. The topological polar surface area (TPSA) is 29.3 Å². The predicted octanol–water partition coefficient (Wildman–Crippen LogP) is 2.52. The second-order valence-corrected chi connectivity index (χ2v) is 3.83. The Hall–Kier alpha value is -0.890. The maximum atomic E-state index is 5.91. The number of benzene rings is 1. The maximum Gasteiger partial charge on any atom is 0.0614 e. The summed E-state index contributed by atoms with van der Waals surface area (Å²) in [6.07, 6.45) is 2.51. The van der Waals surface area contributed by atoms with Crippen LogP contribution in [0.1, 0.15) is 12.8 Å². The van der Waals surface area contributed by atoms with E-state index in [1.54, 1.807) is 0 Å². The Balaban J connectivity index is 2.32. The quantitative estimate of drug-likeness (QED) is 0.700. The lowest BCUT2D eigenvalue weighted by Gasteiger charge is -2.19. The van der Waals surface area contributed by atoms with E-state index in [4.69, 9.17) is 17.3 Å². The minimum atomic E-state index is 0.760. The molecular weight excluding hydrogens is 184 g/mol. The van der Waals surface area contributed by atoms with Crippen LogP contribution in [0.25, 0.3) is 0 Å². The largest absolute Gasteiger partial charge is 0.397 e.